The maximum absolute atomic E-state index is 13.1. The van der Waals surface area contributed by atoms with Crippen molar-refractivity contribution in [2.75, 3.05) is 5.32 Å². The number of nitro groups is 1. The third-order valence-electron chi connectivity index (χ3n) is 2.39. The average Bonchev–Trinajstić information content (AvgIpc) is 2.38. The summed E-state index contributed by atoms with van der Waals surface area (Å²) in [7, 11) is 0. The van der Waals surface area contributed by atoms with Crippen molar-refractivity contribution in [1.82, 2.24) is 4.98 Å². The van der Waals surface area contributed by atoms with Gasteiger partial charge in [-0.1, -0.05) is 0 Å². The molecule has 0 atom stereocenters. The van der Waals surface area contributed by atoms with Crippen molar-refractivity contribution in [3.05, 3.63) is 62.6 Å². The number of nitro benzene ring substituents is 1. The zero-order valence-corrected chi connectivity index (χ0v) is 11.4. The second-order valence-electron chi connectivity index (χ2n) is 3.74. The summed E-state index contributed by atoms with van der Waals surface area (Å²) in [5.41, 5.74) is -0.341. The molecule has 0 aliphatic carbocycles. The van der Waals surface area contributed by atoms with Gasteiger partial charge in [0.2, 0.25) is 0 Å². The molecular formula is C12H7BrFN3O3. The molecular weight excluding hydrogens is 333 g/mol. The highest BCUT2D eigenvalue weighted by Crippen LogP contribution is 2.25. The summed E-state index contributed by atoms with van der Waals surface area (Å²) in [6.45, 7) is 0. The van der Waals surface area contributed by atoms with Gasteiger partial charge in [-0.3, -0.25) is 14.9 Å². The van der Waals surface area contributed by atoms with Gasteiger partial charge in [0.05, 0.1) is 4.92 Å². The van der Waals surface area contributed by atoms with E-state index in [0.717, 1.165) is 18.2 Å². The fourth-order valence-corrected chi connectivity index (χ4v) is 1.87. The molecule has 2 aromatic rings. The lowest BCUT2D eigenvalue weighted by atomic mass is 10.2. The van der Waals surface area contributed by atoms with Crippen molar-refractivity contribution in [3.63, 3.8) is 0 Å². The molecule has 6 nitrogen and oxygen atoms in total. The minimum atomic E-state index is -0.697. The zero-order valence-electron chi connectivity index (χ0n) is 9.84. The van der Waals surface area contributed by atoms with Crippen LogP contribution in [0.5, 0.6) is 0 Å². The van der Waals surface area contributed by atoms with Gasteiger partial charge in [0.25, 0.3) is 11.6 Å². The summed E-state index contributed by atoms with van der Waals surface area (Å²) in [5.74, 6) is -1.27. The lowest BCUT2D eigenvalue weighted by Crippen LogP contribution is -2.13. The van der Waals surface area contributed by atoms with E-state index in [2.05, 4.69) is 26.2 Å². The topological polar surface area (TPSA) is 85.1 Å². The molecule has 1 aromatic carbocycles. The normalized spacial score (nSPS) is 10.1. The van der Waals surface area contributed by atoms with Crippen molar-refractivity contribution >= 4 is 33.2 Å². The van der Waals surface area contributed by atoms with E-state index in [9.17, 15) is 19.3 Å². The first-order chi connectivity index (χ1) is 9.47. The van der Waals surface area contributed by atoms with E-state index in [0.29, 0.717) is 4.60 Å². The van der Waals surface area contributed by atoms with Gasteiger partial charge >= 0.3 is 0 Å². The summed E-state index contributed by atoms with van der Waals surface area (Å²) < 4.78 is 13.6. The van der Waals surface area contributed by atoms with Crippen LogP contribution >= 0.6 is 15.9 Å². The molecule has 0 fully saturated rings. The first-order valence-electron chi connectivity index (χ1n) is 5.34. The highest BCUT2D eigenvalue weighted by Gasteiger charge is 2.17. The highest BCUT2D eigenvalue weighted by molar-refractivity contribution is 9.10. The van der Waals surface area contributed by atoms with Gasteiger partial charge in [-0.05, 0) is 34.1 Å². The Hall–Kier alpha value is -2.35. The van der Waals surface area contributed by atoms with E-state index in [-0.39, 0.29) is 16.9 Å². The Labute approximate surface area is 120 Å². The van der Waals surface area contributed by atoms with Crippen molar-refractivity contribution in [1.29, 1.82) is 0 Å². The second kappa shape index (κ2) is 5.74. The van der Waals surface area contributed by atoms with Gasteiger partial charge in [-0.15, -0.1) is 0 Å². The SMILES string of the molecule is O=C(Nc1cc(F)ccc1[N+](=O)[O-])c1ccnc(Br)c1. The number of carbonyl (C=O) groups excluding carboxylic acids is 1. The minimum absolute atomic E-state index is 0.201. The van der Waals surface area contributed by atoms with E-state index in [1.54, 1.807) is 0 Å². The summed E-state index contributed by atoms with van der Waals surface area (Å²) in [6, 6.07) is 5.72. The molecule has 0 bridgehead atoms. The van der Waals surface area contributed by atoms with Crippen LogP contribution in [0.15, 0.2) is 41.1 Å². The van der Waals surface area contributed by atoms with E-state index in [1.807, 2.05) is 0 Å². The number of pyridine rings is 1. The molecule has 0 spiro atoms. The zero-order chi connectivity index (χ0) is 14.7. The number of nitrogens with one attached hydrogen (secondary N) is 1. The van der Waals surface area contributed by atoms with Crippen LogP contribution in [0.3, 0.4) is 0 Å². The van der Waals surface area contributed by atoms with Crippen molar-refractivity contribution < 1.29 is 14.1 Å². The molecule has 1 heterocycles. The van der Waals surface area contributed by atoms with E-state index >= 15 is 0 Å². The second-order valence-corrected chi connectivity index (χ2v) is 4.55. The van der Waals surface area contributed by atoms with Crippen LogP contribution in [-0.2, 0) is 0 Å². The fourth-order valence-electron chi connectivity index (χ4n) is 1.51. The molecule has 20 heavy (non-hydrogen) atoms. The smallest absolute Gasteiger partial charge is 0.292 e. The largest absolute Gasteiger partial charge is 0.316 e. The van der Waals surface area contributed by atoms with Gasteiger partial charge in [-0.2, -0.15) is 0 Å². The van der Waals surface area contributed by atoms with Crippen molar-refractivity contribution in [3.8, 4) is 0 Å². The van der Waals surface area contributed by atoms with Crippen LogP contribution in [0, 0.1) is 15.9 Å². The molecule has 0 radical (unpaired) electrons. The quantitative estimate of drug-likeness (QED) is 0.528. The number of hydrogen-bond donors (Lipinski definition) is 1. The molecule has 102 valence electrons. The number of rotatable bonds is 3. The first-order valence-corrected chi connectivity index (χ1v) is 6.13. The van der Waals surface area contributed by atoms with Crippen LogP contribution in [0.1, 0.15) is 10.4 Å². The third kappa shape index (κ3) is 3.15. The van der Waals surface area contributed by atoms with Gasteiger partial charge in [-0.25, -0.2) is 9.37 Å². The van der Waals surface area contributed by atoms with Crippen LogP contribution < -0.4 is 5.32 Å². The summed E-state index contributed by atoms with van der Waals surface area (Å²) in [5, 5.41) is 13.1. The van der Waals surface area contributed by atoms with E-state index < -0.39 is 16.6 Å². The predicted molar refractivity (Wildman–Crippen MR) is 72.9 cm³/mol. The van der Waals surface area contributed by atoms with E-state index in [1.165, 1.54) is 18.3 Å². The Morgan fingerprint density at radius 3 is 2.75 bits per heavy atom. The predicted octanol–water partition coefficient (Wildman–Crippen LogP) is 3.14. The van der Waals surface area contributed by atoms with Crippen molar-refractivity contribution in [2.24, 2.45) is 0 Å². The highest BCUT2D eigenvalue weighted by atomic mass is 79.9. The number of hydrogen-bond acceptors (Lipinski definition) is 4. The Balaban J connectivity index is 2.32. The first kappa shape index (κ1) is 14.1. The third-order valence-corrected chi connectivity index (χ3v) is 2.83. The Morgan fingerprint density at radius 2 is 2.10 bits per heavy atom. The molecule has 0 saturated carbocycles. The van der Waals surface area contributed by atoms with Gasteiger partial charge in [0.15, 0.2) is 0 Å². The van der Waals surface area contributed by atoms with Gasteiger partial charge in [0.1, 0.15) is 16.1 Å². The lowest BCUT2D eigenvalue weighted by Gasteiger charge is -2.06. The maximum atomic E-state index is 13.1. The van der Waals surface area contributed by atoms with Gasteiger partial charge < -0.3 is 5.32 Å². The number of amides is 1. The average molecular weight is 340 g/mol. The standard InChI is InChI=1S/C12H7BrFN3O3/c13-11-5-7(3-4-15-11)12(18)16-9-6-8(14)1-2-10(9)17(19)20/h1-6H,(H,16,18). The van der Waals surface area contributed by atoms with Crippen LogP contribution in [0.2, 0.25) is 0 Å². The minimum Gasteiger partial charge on any atom is -0.316 e. The summed E-state index contributed by atoms with van der Waals surface area (Å²) >= 11 is 3.11. The molecule has 0 saturated heterocycles. The number of halogens is 2. The van der Waals surface area contributed by atoms with Crippen molar-refractivity contribution in [2.45, 2.75) is 0 Å². The number of aromatic nitrogens is 1. The molecule has 0 aliphatic rings. The molecule has 1 aromatic heterocycles. The van der Waals surface area contributed by atoms with Gasteiger partial charge in [0, 0.05) is 23.9 Å². The number of nitrogens with zero attached hydrogens (tertiary/aromatic N) is 2. The molecule has 1 N–H and O–H groups in total. The monoisotopic (exact) mass is 339 g/mol. The van der Waals surface area contributed by atoms with E-state index in [4.69, 9.17) is 0 Å². The molecule has 8 heteroatoms. The van der Waals surface area contributed by atoms with Crippen LogP contribution in [0.4, 0.5) is 15.8 Å². The number of carbonyl (C=O) groups is 1. The van der Waals surface area contributed by atoms with Crippen LogP contribution in [-0.4, -0.2) is 15.8 Å². The molecule has 0 unspecified atom stereocenters. The van der Waals surface area contributed by atoms with Crippen LogP contribution in [0.25, 0.3) is 0 Å². The summed E-state index contributed by atoms with van der Waals surface area (Å²) in [6.07, 6.45) is 1.40. The molecule has 2 rings (SSSR count). The number of benzene rings is 1. The Bertz CT molecular complexity index is 693. The molecule has 0 aliphatic heterocycles. The summed E-state index contributed by atoms with van der Waals surface area (Å²) in [4.78, 5) is 25.9. The Morgan fingerprint density at radius 1 is 1.35 bits per heavy atom. The number of anilines is 1. The maximum Gasteiger partial charge on any atom is 0.292 e. The Kier molecular flexibility index (Phi) is 4.04. The molecule has 1 amide bonds. The fraction of sp³-hybridized carbons (Fsp3) is 0. The lowest BCUT2D eigenvalue weighted by molar-refractivity contribution is -0.384.